The van der Waals surface area contributed by atoms with E-state index in [1.165, 1.54) is 0 Å². The van der Waals surface area contributed by atoms with E-state index in [9.17, 15) is 4.79 Å². The van der Waals surface area contributed by atoms with Crippen LogP contribution in [0.1, 0.15) is 15.9 Å². The molecule has 35 heavy (non-hydrogen) atoms. The molecule has 0 saturated heterocycles. The lowest BCUT2D eigenvalue weighted by molar-refractivity contribution is 0.0977. The first kappa shape index (κ1) is 22.3. The maximum atomic E-state index is 12.6. The molecule has 0 fully saturated rings. The first-order valence-corrected chi connectivity index (χ1v) is 11.4. The highest BCUT2D eigenvalue weighted by atomic mass is 32.1. The summed E-state index contributed by atoms with van der Waals surface area (Å²) in [5.41, 5.74) is 4.50. The number of fused-ring (bicyclic) bond motifs is 1. The zero-order valence-electron chi connectivity index (χ0n) is 18.6. The van der Waals surface area contributed by atoms with Crippen LogP contribution >= 0.6 is 12.2 Å². The third kappa shape index (κ3) is 5.54. The van der Waals surface area contributed by atoms with Gasteiger partial charge in [-0.15, -0.1) is 0 Å². The molecule has 0 aliphatic heterocycles. The van der Waals surface area contributed by atoms with Crippen molar-refractivity contribution in [2.24, 2.45) is 0 Å². The second-order valence-corrected chi connectivity index (χ2v) is 8.18. The van der Waals surface area contributed by atoms with Gasteiger partial charge in [-0.2, -0.15) is 0 Å². The van der Waals surface area contributed by atoms with Crippen LogP contribution in [0.3, 0.4) is 0 Å². The quantitative estimate of drug-likeness (QED) is 0.282. The topological polar surface area (TPSA) is 76.4 Å². The van der Waals surface area contributed by atoms with E-state index < -0.39 is 0 Å². The average molecular weight is 480 g/mol. The van der Waals surface area contributed by atoms with Gasteiger partial charge in [0.15, 0.2) is 10.7 Å². The third-order valence-corrected chi connectivity index (χ3v) is 5.46. The van der Waals surface area contributed by atoms with Gasteiger partial charge in [-0.05, 0) is 72.4 Å². The number of nitrogens with one attached hydrogen (secondary N) is 2. The lowest BCUT2D eigenvalue weighted by atomic mass is 10.2. The highest BCUT2D eigenvalue weighted by Gasteiger charge is 2.11. The van der Waals surface area contributed by atoms with Crippen molar-refractivity contribution in [1.29, 1.82) is 0 Å². The fourth-order valence-corrected chi connectivity index (χ4v) is 3.70. The van der Waals surface area contributed by atoms with Gasteiger partial charge in [0.2, 0.25) is 5.89 Å². The SMILES string of the molecule is O=C(NC(=S)Nc1ccc2oc(-c3ccccc3)nc2c1)c1ccc(OCc2ccccc2)cc1. The van der Waals surface area contributed by atoms with E-state index in [0.717, 1.165) is 11.1 Å². The summed E-state index contributed by atoms with van der Waals surface area (Å²) in [5.74, 6) is 0.915. The Kier molecular flexibility index (Phi) is 6.50. The van der Waals surface area contributed by atoms with E-state index in [0.29, 0.717) is 40.6 Å². The summed E-state index contributed by atoms with van der Waals surface area (Å²) in [6, 6.07) is 32.0. The Morgan fingerprint density at radius 1 is 0.886 bits per heavy atom. The molecule has 0 unspecified atom stereocenters. The molecule has 0 aliphatic carbocycles. The van der Waals surface area contributed by atoms with E-state index in [4.69, 9.17) is 21.4 Å². The third-order valence-electron chi connectivity index (χ3n) is 5.26. The van der Waals surface area contributed by atoms with Gasteiger partial charge in [-0.1, -0.05) is 48.5 Å². The Morgan fingerprint density at radius 2 is 1.60 bits per heavy atom. The van der Waals surface area contributed by atoms with Crippen molar-refractivity contribution >= 4 is 40.0 Å². The number of thiocarbonyl (C=S) groups is 1. The standard InChI is InChI=1S/C28H21N3O3S/c32-26(20-11-14-23(15-12-20)33-18-19-7-3-1-4-8-19)31-28(35)29-22-13-16-25-24(17-22)30-27(34-25)21-9-5-2-6-10-21/h1-17H,18H2,(H2,29,31,32,35). The molecule has 0 saturated carbocycles. The summed E-state index contributed by atoms with van der Waals surface area (Å²) in [5, 5.41) is 5.91. The molecule has 0 spiro atoms. The van der Waals surface area contributed by atoms with Gasteiger partial charge in [0.25, 0.3) is 5.91 Å². The minimum atomic E-state index is -0.314. The predicted octanol–water partition coefficient (Wildman–Crippen LogP) is 6.20. The molecule has 2 N–H and O–H groups in total. The molecule has 4 aromatic carbocycles. The second kappa shape index (κ2) is 10.2. The normalized spacial score (nSPS) is 10.6. The summed E-state index contributed by atoms with van der Waals surface area (Å²) < 4.78 is 11.6. The van der Waals surface area contributed by atoms with Crippen molar-refractivity contribution in [3.63, 3.8) is 0 Å². The van der Waals surface area contributed by atoms with Gasteiger partial charge in [0.1, 0.15) is 17.9 Å². The molecule has 5 aromatic rings. The average Bonchev–Trinajstić information content (AvgIpc) is 3.32. The number of amides is 1. The van der Waals surface area contributed by atoms with Crippen molar-refractivity contribution in [2.45, 2.75) is 6.61 Å². The van der Waals surface area contributed by atoms with Gasteiger partial charge >= 0.3 is 0 Å². The Morgan fingerprint density at radius 3 is 2.34 bits per heavy atom. The van der Waals surface area contributed by atoms with Crippen LogP contribution in [0.5, 0.6) is 5.75 Å². The number of oxazole rings is 1. The van der Waals surface area contributed by atoms with Crippen LogP contribution in [0.2, 0.25) is 0 Å². The van der Waals surface area contributed by atoms with Gasteiger partial charge in [0.05, 0.1) is 0 Å². The van der Waals surface area contributed by atoms with E-state index in [1.807, 2.05) is 78.9 Å². The molecule has 0 radical (unpaired) electrons. The number of carbonyl (C=O) groups is 1. The first-order valence-electron chi connectivity index (χ1n) is 11.0. The van der Waals surface area contributed by atoms with Gasteiger partial charge in [0, 0.05) is 16.8 Å². The molecule has 0 atom stereocenters. The predicted molar refractivity (Wildman–Crippen MR) is 140 cm³/mol. The Balaban J connectivity index is 1.18. The smallest absolute Gasteiger partial charge is 0.257 e. The number of ether oxygens (including phenoxy) is 1. The first-order chi connectivity index (χ1) is 17.1. The zero-order chi connectivity index (χ0) is 24.0. The monoisotopic (exact) mass is 479 g/mol. The van der Waals surface area contributed by atoms with Crippen LogP contribution in [0.15, 0.2) is 108 Å². The summed E-state index contributed by atoms with van der Waals surface area (Å²) >= 11 is 5.33. The van der Waals surface area contributed by atoms with E-state index in [1.54, 1.807) is 24.3 Å². The van der Waals surface area contributed by atoms with Gasteiger partial charge in [-0.25, -0.2) is 4.98 Å². The van der Waals surface area contributed by atoms with Crippen molar-refractivity contribution in [3.05, 3.63) is 114 Å². The van der Waals surface area contributed by atoms with Crippen molar-refractivity contribution in [3.8, 4) is 17.2 Å². The second-order valence-electron chi connectivity index (χ2n) is 7.77. The fourth-order valence-electron chi connectivity index (χ4n) is 3.49. The molecule has 172 valence electrons. The molecule has 1 heterocycles. The van der Waals surface area contributed by atoms with Crippen molar-refractivity contribution < 1.29 is 13.9 Å². The van der Waals surface area contributed by atoms with Gasteiger partial charge in [-0.3, -0.25) is 10.1 Å². The maximum Gasteiger partial charge on any atom is 0.257 e. The minimum absolute atomic E-state index is 0.186. The van der Waals surface area contributed by atoms with Crippen LogP contribution in [-0.4, -0.2) is 16.0 Å². The van der Waals surface area contributed by atoms with Crippen LogP contribution in [-0.2, 0) is 6.61 Å². The van der Waals surface area contributed by atoms with E-state index in [-0.39, 0.29) is 11.0 Å². The van der Waals surface area contributed by atoms with Crippen LogP contribution < -0.4 is 15.4 Å². The number of hydrogen-bond donors (Lipinski definition) is 2. The number of carbonyl (C=O) groups excluding carboxylic acids is 1. The highest BCUT2D eigenvalue weighted by molar-refractivity contribution is 7.80. The number of nitrogens with zero attached hydrogens (tertiary/aromatic N) is 1. The lowest BCUT2D eigenvalue weighted by Crippen LogP contribution is -2.34. The number of benzene rings is 4. The molecule has 7 heteroatoms. The van der Waals surface area contributed by atoms with Crippen LogP contribution in [0.25, 0.3) is 22.6 Å². The number of hydrogen-bond acceptors (Lipinski definition) is 5. The van der Waals surface area contributed by atoms with Crippen LogP contribution in [0.4, 0.5) is 5.69 Å². The molecule has 1 amide bonds. The van der Waals surface area contributed by atoms with Crippen molar-refractivity contribution in [1.82, 2.24) is 10.3 Å². The Bertz CT molecular complexity index is 1470. The summed E-state index contributed by atoms with van der Waals surface area (Å²) in [7, 11) is 0. The fraction of sp³-hybridized carbons (Fsp3) is 0.0357. The highest BCUT2D eigenvalue weighted by Crippen LogP contribution is 2.26. The molecule has 6 nitrogen and oxygen atoms in total. The lowest BCUT2D eigenvalue weighted by Gasteiger charge is -2.10. The number of anilines is 1. The molecule has 0 bridgehead atoms. The minimum Gasteiger partial charge on any atom is -0.489 e. The van der Waals surface area contributed by atoms with Gasteiger partial charge < -0.3 is 14.5 Å². The summed E-state index contributed by atoms with van der Waals surface area (Å²) in [6.45, 7) is 0.461. The molecule has 5 rings (SSSR count). The summed E-state index contributed by atoms with van der Waals surface area (Å²) in [4.78, 5) is 17.2. The molecular formula is C28H21N3O3S. The summed E-state index contributed by atoms with van der Waals surface area (Å²) in [6.07, 6.45) is 0. The van der Waals surface area contributed by atoms with Crippen molar-refractivity contribution in [2.75, 3.05) is 5.32 Å². The molecular weight excluding hydrogens is 458 g/mol. The van der Waals surface area contributed by atoms with Crippen LogP contribution in [0, 0.1) is 0 Å². The largest absolute Gasteiger partial charge is 0.489 e. The zero-order valence-corrected chi connectivity index (χ0v) is 19.4. The van der Waals surface area contributed by atoms with E-state index in [2.05, 4.69) is 15.6 Å². The Hall–Kier alpha value is -4.49. The number of aromatic nitrogens is 1. The molecule has 0 aliphatic rings. The molecule has 1 aromatic heterocycles. The maximum absolute atomic E-state index is 12.6. The Labute approximate surface area is 207 Å². The number of rotatable bonds is 6. The van der Waals surface area contributed by atoms with E-state index >= 15 is 0 Å².